The molecular weight excluding hydrogens is 363 g/mol. The van der Waals surface area contributed by atoms with E-state index >= 15 is 0 Å². The number of phenols is 1. The maximum Gasteiger partial charge on any atom is 0.122 e. The highest BCUT2D eigenvalue weighted by atomic mass is 31.1. The second-order valence-corrected chi connectivity index (χ2v) is 9.03. The largest absolute Gasteiger partial charge is 0.507 e. The van der Waals surface area contributed by atoms with Crippen LogP contribution in [-0.2, 0) is 5.16 Å². The molecule has 3 aromatic carbocycles. The summed E-state index contributed by atoms with van der Waals surface area (Å²) in [4.78, 5) is 0. The van der Waals surface area contributed by atoms with Gasteiger partial charge in [0, 0.05) is 10.7 Å². The zero-order valence-electron chi connectivity index (χ0n) is 16.8. The standard InChI is InChI=1S/C25H29O2P/c1-4-25(5-2,21-16-11-12-18(3)23(21)26)28-22-17-10-9-15-20(22)24(27)19-13-7-6-8-14-19/h6-17,24,26-28H,4-5H2,1-3H3. The summed E-state index contributed by atoms with van der Waals surface area (Å²) < 4.78 is 0. The first-order valence-corrected chi connectivity index (χ1v) is 10.9. The Morgan fingerprint density at radius 2 is 1.50 bits per heavy atom. The van der Waals surface area contributed by atoms with Gasteiger partial charge in [0.05, 0.1) is 0 Å². The minimum absolute atomic E-state index is 0.150. The van der Waals surface area contributed by atoms with Gasteiger partial charge in [0.25, 0.3) is 0 Å². The molecule has 0 spiro atoms. The molecule has 2 unspecified atom stereocenters. The Balaban J connectivity index is 2.05. The number of rotatable bonds is 7. The molecule has 0 aliphatic carbocycles. The molecule has 0 radical (unpaired) electrons. The summed E-state index contributed by atoms with van der Waals surface area (Å²) in [5, 5.41) is 22.8. The highest BCUT2D eigenvalue weighted by Gasteiger charge is 2.33. The van der Waals surface area contributed by atoms with E-state index in [1.807, 2.05) is 67.6 Å². The lowest BCUT2D eigenvalue weighted by molar-refractivity contribution is 0.221. The number of aryl methyl sites for hydroxylation is 1. The zero-order chi connectivity index (χ0) is 20.1. The van der Waals surface area contributed by atoms with Crippen molar-refractivity contribution < 1.29 is 10.2 Å². The first-order valence-electron chi connectivity index (χ1n) is 9.91. The molecule has 0 heterocycles. The van der Waals surface area contributed by atoms with Crippen molar-refractivity contribution in [1.29, 1.82) is 0 Å². The van der Waals surface area contributed by atoms with E-state index < -0.39 is 6.10 Å². The minimum atomic E-state index is -0.651. The average molecular weight is 392 g/mol. The second kappa shape index (κ2) is 8.90. The molecule has 2 atom stereocenters. The van der Waals surface area contributed by atoms with Crippen LogP contribution in [0.1, 0.15) is 55.0 Å². The average Bonchev–Trinajstić information content (AvgIpc) is 2.75. The van der Waals surface area contributed by atoms with Gasteiger partial charge in [-0.1, -0.05) is 95.2 Å². The van der Waals surface area contributed by atoms with Gasteiger partial charge in [-0.25, -0.2) is 0 Å². The van der Waals surface area contributed by atoms with E-state index in [1.54, 1.807) is 0 Å². The van der Waals surface area contributed by atoms with Crippen molar-refractivity contribution >= 4 is 13.9 Å². The SMILES string of the molecule is CCC(CC)(Pc1ccccc1C(O)c1ccccc1)c1cccc(C)c1O. The molecule has 2 N–H and O–H groups in total. The molecule has 0 bridgehead atoms. The van der Waals surface area contributed by atoms with Gasteiger partial charge in [0.1, 0.15) is 11.9 Å². The van der Waals surface area contributed by atoms with E-state index in [-0.39, 0.29) is 5.16 Å². The summed E-state index contributed by atoms with van der Waals surface area (Å²) >= 11 is 0. The van der Waals surface area contributed by atoms with Gasteiger partial charge in [0.2, 0.25) is 0 Å². The van der Waals surface area contributed by atoms with Gasteiger partial charge < -0.3 is 10.2 Å². The summed E-state index contributed by atoms with van der Waals surface area (Å²) in [7, 11) is 0.453. The topological polar surface area (TPSA) is 40.5 Å². The van der Waals surface area contributed by atoms with Crippen LogP contribution in [0.4, 0.5) is 0 Å². The smallest absolute Gasteiger partial charge is 0.122 e. The third-order valence-electron chi connectivity index (χ3n) is 5.71. The lowest BCUT2D eigenvalue weighted by Gasteiger charge is -2.34. The van der Waals surface area contributed by atoms with Crippen LogP contribution in [0.25, 0.3) is 0 Å². The molecule has 0 aromatic heterocycles. The Labute approximate surface area is 170 Å². The summed E-state index contributed by atoms with van der Waals surface area (Å²) in [6.07, 6.45) is 1.20. The summed E-state index contributed by atoms with van der Waals surface area (Å²) in [6.45, 7) is 6.33. The maximum atomic E-state index is 11.0. The van der Waals surface area contributed by atoms with Crippen LogP contribution < -0.4 is 5.30 Å². The van der Waals surface area contributed by atoms with Crippen molar-refractivity contribution in [3.05, 3.63) is 95.1 Å². The predicted octanol–water partition coefficient (Wildman–Crippen LogP) is 5.80. The fraction of sp³-hybridized carbons (Fsp3) is 0.280. The lowest BCUT2D eigenvalue weighted by atomic mass is 9.90. The van der Waals surface area contributed by atoms with Crippen LogP contribution in [0.5, 0.6) is 5.75 Å². The Morgan fingerprint density at radius 1 is 0.857 bits per heavy atom. The van der Waals surface area contributed by atoms with E-state index in [0.717, 1.165) is 40.4 Å². The molecular formula is C25H29O2P. The van der Waals surface area contributed by atoms with Crippen molar-refractivity contribution in [2.75, 3.05) is 0 Å². The van der Waals surface area contributed by atoms with Gasteiger partial charge in [-0.15, -0.1) is 0 Å². The Morgan fingerprint density at radius 3 is 2.18 bits per heavy atom. The molecule has 0 saturated carbocycles. The molecule has 0 aliphatic rings. The number of aromatic hydroxyl groups is 1. The Bertz CT molecular complexity index is 917. The summed E-state index contributed by atoms with van der Waals surface area (Å²) in [5.74, 6) is 0.403. The third kappa shape index (κ3) is 3.99. The molecule has 3 heteroatoms. The van der Waals surface area contributed by atoms with Gasteiger partial charge in [-0.05, 0) is 41.8 Å². The fourth-order valence-electron chi connectivity index (χ4n) is 3.84. The van der Waals surface area contributed by atoms with Crippen LogP contribution >= 0.6 is 8.58 Å². The Kier molecular flexibility index (Phi) is 6.54. The van der Waals surface area contributed by atoms with E-state index in [0.29, 0.717) is 14.3 Å². The van der Waals surface area contributed by atoms with E-state index in [2.05, 4.69) is 26.0 Å². The molecule has 0 saturated heterocycles. The van der Waals surface area contributed by atoms with Crippen molar-refractivity contribution in [1.82, 2.24) is 0 Å². The number of hydrogen-bond acceptors (Lipinski definition) is 2. The predicted molar refractivity (Wildman–Crippen MR) is 120 cm³/mol. The van der Waals surface area contributed by atoms with Gasteiger partial charge in [-0.2, -0.15) is 0 Å². The molecule has 3 aromatic rings. The van der Waals surface area contributed by atoms with Crippen molar-refractivity contribution in [2.45, 2.75) is 44.9 Å². The highest BCUT2D eigenvalue weighted by molar-refractivity contribution is 7.48. The first-order chi connectivity index (χ1) is 13.5. The number of benzene rings is 3. The minimum Gasteiger partial charge on any atom is -0.507 e. The van der Waals surface area contributed by atoms with E-state index in [1.165, 1.54) is 0 Å². The Hall–Kier alpha value is -2.15. The summed E-state index contributed by atoms with van der Waals surface area (Å²) in [6, 6.07) is 24.0. The maximum absolute atomic E-state index is 11.0. The van der Waals surface area contributed by atoms with Crippen LogP contribution in [0.2, 0.25) is 0 Å². The number of hydrogen-bond donors (Lipinski definition) is 2. The molecule has 2 nitrogen and oxygen atoms in total. The monoisotopic (exact) mass is 392 g/mol. The molecule has 3 rings (SSSR count). The van der Waals surface area contributed by atoms with E-state index in [4.69, 9.17) is 0 Å². The van der Waals surface area contributed by atoms with E-state index in [9.17, 15) is 10.2 Å². The number of para-hydroxylation sites is 1. The van der Waals surface area contributed by atoms with Crippen LogP contribution in [0.15, 0.2) is 72.8 Å². The lowest BCUT2D eigenvalue weighted by Crippen LogP contribution is -2.24. The normalized spacial score (nSPS) is 13.1. The third-order valence-corrected chi connectivity index (χ3v) is 7.88. The zero-order valence-corrected chi connectivity index (χ0v) is 17.8. The van der Waals surface area contributed by atoms with Crippen molar-refractivity contribution in [2.24, 2.45) is 0 Å². The number of aliphatic hydroxyl groups excluding tert-OH is 1. The van der Waals surface area contributed by atoms with Gasteiger partial charge >= 0.3 is 0 Å². The molecule has 0 amide bonds. The molecule has 0 aliphatic heterocycles. The highest BCUT2D eigenvalue weighted by Crippen LogP contribution is 2.51. The number of phenolic OH excluding ortho intramolecular Hbond substituents is 1. The summed E-state index contributed by atoms with van der Waals surface area (Å²) in [5.41, 5.74) is 3.77. The number of aliphatic hydroxyl groups is 1. The molecule has 28 heavy (non-hydrogen) atoms. The van der Waals surface area contributed by atoms with Crippen LogP contribution in [0.3, 0.4) is 0 Å². The van der Waals surface area contributed by atoms with Crippen molar-refractivity contribution in [3.8, 4) is 5.75 Å². The second-order valence-electron chi connectivity index (χ2n) is 7.29. The van der Waals surface area contributed by atoms with Gasteiger partial charge in [0.15, 0.2) is 0 Å². The van der Waals surface area contributed by atoms with Crippen molar-refractivity contribution in [3.63, 3.8) is 0 Å². The first kappa shape index (κ1) is 20.6. The van der Waals surface area contributed by atoms with Gasteiger partial charge in [-0.3, -0.25) is 0 Å². The van der Waals surface area contributed by atoms with Crippen LogP contribution in [-0.4, -0.2) is 10.2 Å². The fourth-order valence-corrected chi connectivity index (χ4v) is 5.59. The van der Waals surface area contributed by atoms with Crippen LogP contribution in [0, 0.1) is 6.92 Å². The molecule has 0 fully saturated rings. The molecule has 146 valence electrons. The quantitative estimate of drug-likeness (QED) is 0.499.